The van der Waals surface area contributed by atoms with E-state index in [1.807, 2.05) is 0 Å². The largest absolute Gasteiger partial charge is 0.468 e. The van der Waals surface area contributed by atoms with Crippen molar-refractivity contribution >= 4 is 5.97 Å². The molecule has 1 aromatic rings. The van der Waals surface area contributed by atoms with Gasteiger partial charge in [0.25, 0.3) is 0 Å². The first-order valence-electron chi connectivity index (χ1n) is 13.5. The fraction of sp³-hybridized carbons (Fsp3) is 0.586. The first-order chi connectivity index (χ1) is 18.4. The molecule has 1 saturated heterocycles. The maximum absolute atomic E-state index is 12.1. The average Bonchev–Trinajstić information content (AvgIpc) is 2.91. The average molecular weight is 535 g/mol. The molecule has 2 heterocycles. The zero-order valence-corrected chi connectivity index (χ0v) is 22.2. The molecule has 38 heavy (non-hydrogen) atoms. The minimum absolute atomic E-state index is 0.227. The van der Waals surface area contributed by atoms with E-state index >= 15 is 0 Å². The van der Waals surface area contributed by atoms with Crippen LogP contribution in [0.1, 0.15) is 71.1 Å². The van der Waals surface area contributed by atoms with Gasteiger partial charge in [-0.05, 0) is 38.5 Å². The zero-order valence-electron chi connectivity index (χ0n) is 22.2. The van der Waals surface area contributed by atoms with Crippen molar-refractivity contribution in [2.75, 3.05) is 6.61 Å². The molecule has 0 saturated carbocycles. The number of hydrogen-bond donors (Lipinski definition) is 3. The van der Waals surface area contributed by atoms with E-state index in [0.29, 0.717) is 6.42 Å². The lowest BCUT2D eigenvalue weighted by Gasteiger charge is -2.39. The number of carbonyl (C=O) groups is 1. The summed E-state index contributed by atoms with van der Waals surface area (Å²) in [7, 11) is 0. The normalized spacial score (nSPS) is 23.9. The van der Waals surface area contributed by atoms with Gasteiger partial charge in [0.2, 0.25) is 17.5 Å². The Hall–Kier alpha value is -2.72. The second-order valence-corrected chi connectivity index (χ2v) is 9.20. The molecular weight excluding hydrogens is 492 g/mol. The molecule has 0 spiro atoms. The minimum Gasteiger partial charge on any atom is -0.468 e. The first kappa shape index (κ1) is 31.5. The van der Waals surface area contributed by atoms with Crippen molar-refractivity contribution in [3.63, 3.8) is 0 Å². The van der Waals surface area contributed by atoms with Gasteiger partial charge in [-0.15, -0.1) is 0 Å². The van der Waals surface area contributed by atoms with Crippen molar-refractivity contribution in [1.29, 1.82) is 0 Å². The molecule has 9 nitrogen and oxygen atoms in total. The molecule has 9 heteroatoms. The molecule has 1 aliphatic heterocycles. The van der Waals surface area contributed by atoms with Crippen LogP contribution < -0.4 is 10.2 Å². The monoisotopic (exact) mass is 534 g/mol. The highest BCUT2D eigenvalue weighted by molar-refractivity contribution is 5.69. The first-order valence-corrected chi connectivity index (χ1v) is 13.5. The third-order valence-corrected chi connectivity index (χ3v) is 6.07. The number of allylic oxidation sites excluding steroid dienone is 6. The third-order valence-electron chi connectivity index (χ3n) is 6.07. The topological polar surface area (TPSA) is 136 Å². The van der Waals surface area contributed by atoms with E-state index in [0.717, 1.165) is 63.7 Å². The Morgan fingerprint density at radius 3 is 2.34 bits per heavy atom. The summed E-state index contributed by atoms with van der Waals surface area (Å²) in [5.41, 5.74) is -0.508. The van der Waals surface area contributed by atoms with Crippen LogP contribution in [-0.4, -0.2) is 58.6 Å². The van der Waals surface area contributed by atoms with Gasteiger partial charge in [0.1, 0.15) is 37.3 Å². The summed E-state index contributed by atoms with van der Waals surface area (Å²) in [6.45, 7) is 1.80. The predicted molar refractivity (Wildman–Crippen MR) is 143 cm³/mol. The maximum atomic E-state index is 12.1. The molecule has 0 amide bonds. The van der Waals surface area contributed by atoms with Gasteiger partial charge in [-0.1, -0.05) is 62.6 Å². The molecule has 0 aromatic carbocycles. The van der Waals surface area contributed by atoms with Crippen molar-refractivity contribution in [1.82, 2.24) is 0 Å². The summed E-state index contributed by atoms with van der Waals surface area (Å²) >= 11 is 0. The van der Waals surface area contributed by atoms with Gasteiger partial charge < -0.3 is 33.9 Å². The Morgan fingerprint density at radius 2 is 1.61 bits per heavy atom. The van der Waals surface area contributed by atoms with Crippen LogP contribution in [0.25, 0.3) is 0 Å². The fourth-order valence-electron chi connectivity index (χ4n) is 3.84. The third kappa shape index (κ3) is 11.8. The van der Waals surface area contributed by atoms with Crippen LogP contribution in [0.2, 0.25) is 0 Å². The summed E-state index contributed by atoms with van der Waals surface area (Å²) in [6.07, 6.45) is 17.1. The van der Waals surface area contributed by atoms with Crippen LogP contribution in [0, 0.1) is 0 Å². The number of aliphatic hydroxyl groups excluding tert-OH is 3. The van der Waals surface area contributed by atoms with Crippen molar-refractivity contribution in [2.45, 2.75) is 102 Å². The number of esters is 1. The molecule has 1 aliphatic rings. The molecular formula is C29H42O9. The molecule has 2 rings (SSSR count). The molecule has 3 N–H and O–H groups in total. The van der Waals surface area contributed by atoms with Crippen molar-refractivity contribution in [3.8, 4) is 5.75 Å². The van der Waals surface area contributed by atoms with E-state index in [-0.39, 0.29) is 18.8 Å². The molecule has 1 fully saturated rings. The van der Waals surface area contributed by atoms with Gasteiger partial charge in [-0.3, -0.25) is 9.59 Å². The van der Waals surface area contributed by atoms with Gasteiger partial charge in [-0.2, -0.15) is 0 Å². The van der Waals surface area contributed by atoms with Crippen molar-refractivity contribution in [2.24, 2.45) is 0 Å². The number of ether oxygens (including phenoxy) is 3. The summed E-state index contributed by atoms with van der Waals surface area (Å²) in [4.78, 5) is 23.9. The number of aliphatic hydroxyl groups is 3. The SMILES string of the molecule is CCC=CCC=CCC=CCCCCCCCC(=O)OC[C@H]1O[C@@H](Oc2coccc2=O)[C@H](O)[C@@H](O)[C@@H]1O. The van der Waals surface area contributed by atoms with Gasteiger partial charge in [0, 0.05) is 12.5 Å². The van der Waals surface area contributed by atoms with Crippen molar-refractivity contribution in [3.05, 3.63) is 65.3 Å². The van der Waals surface area contributed by atoms with Crippen LogP contribution in [0.4, 0.5) is 0 Å². The molecule has 1 aromatic heterocycles. The number of unbranched alkanes of at least 4 members (excludes halogenated alkanes) is 5. The predicted octanol–water partition coefficient (Wildman–Crippen LogP) is 3.96. The van der Waals surface area contributed by atoms with Gasteiger partial charge in [-0.25, -0.2) is 0 Å². The second-order valence-electron chi connectivity index (χ2n) is 9.20. The molecule has 212 valence electrons. The van der Waals surface area contributed by atoms with Gasteiger partial charge in [0.15, 0.2) is 0 Å². The summed E-state index contributed by atoms with van der Waals surface area (Å²) in [5, 5.41) is 30.5. The maximum Gasteiger partial charge on any atom is 0.305 e. The number of hydrogen-bond acceptors (Lipinski definition) is 9. The Kier molecular flexibility index (Phi) is 15.3. The summed E-state index contributed by atoms with van der Waals surface area (Å²) in [5.74, 6) is -0.668. The van der Waals surface area contributed by atoms with E-state index in [1.54, 1.807) is 0 Å². The minimum atomic E-state index is -1.62. The van der Waals surface area contributed by atoms with Crippen molar-refractivity contribution < 1.29 is 38.7 Å². The van der Waals surface area contributed by atoms with E-state index in [1.165, 1.54) is 6.26 Å². The molecule has 0 radical (unpaired) electrons. The van der Waals surface area contributed by atoms with Crippen LogP contribution in [0.3, 0.4) is 0 Å². The zero-order chi connectivity index (χ0) is 27.6. The highest BCUT2D eigenvalue weighted by Crippen LogP contribution is 2.23. The fourth-order valence-corrected chi connectivity index (χ4v) is 3.84. The van der Waals surface area contributed by atoms with Gasteiger partial charge in [0.05, 0.1) is 6.26 Å². The van der Waals surface area contributed by atoms with Crippen LogP contribution in [0.15, 0.2) is 64.3 Å². The lowest BCUT2D eigenvalue weighted by atomic mass is 9.99. The Morgan fingerprint density at radius 1 is 0.921 bits per heavy atom. The Balaban J connectivity index is 1.57. The second kappa shape index (κ2) is 18.5. The number of carbonyl (C=O) groups excluding carboxylic acids is 1. The van der Waals surface area contributed by atoms with E-state index in [4.69, 9.17) is 18.6 Å². The number of rotatable bonds is 17. The smallest absolute Gasteiger partial charge is 0.305 e. The summed E-state index contributed by atoms with van der Waals surface area (Å²) in [6, 6.07) is 1.13. The lowest BCUT2D eigenvalue weighted by Crippen LogP contribution is -2.60. The van der Waals surface area contributed by atoms with Crippen LogP contribution in [0.5, 0.6) is 5.75 Å². The quantitative estimate of drug-likeness (QED) is 0.154. The van der Waals surface area contributed by atoms with E-state index < -0.39 is 42.1 Å². The van der Waals surface area contributed by atoms with E-state index in [9.17, 15) is 24.9 Å². The highest BCUT2D eigenvalue weighted by atomic mass is 16.7. The molecule has 0 unspecified atom stereocenters. The van der Waals surface area contributed by atoms with Crippen LogP contribution >= 0.6 is 0 Å². The van der Waals surface area contributed by atoms with Gasteiger partial charge >= 0.3 is 5.97 Å². The Labute approximate surface area is 224 Å². The van der Waals surface area contributed by atoms with Crippen LogP contribution in [-0.2, 0) is 14.3 Å². The molecule has 0 bridgehead atoms. The lowest BCUT2D eigenvalue weighted by molar-refractivity contribution is -0.279. The molecule has 0 aliphatic carbocycles. The standard InChI is InChI=1S/C29H42O9/c1-2-3-4-5-6-7-8-9-10-11-12-13-14-15-16-17-25(31)36-21-24-26(32)27(33)28(34)29(38-24)37-23-20-35-19-18-22(23)30/h3-4,6-7,9-10,18-20,24,26-29,32-34H,2,5,8,11-17,21H2,1H3/t24-,26-,27+,28-,29-/m1/s1. The van der Waals surface area contributed by atoms with E-state index in [2.05, 4.69) is 43.4 Å². The highest BCUT2D eigenvalue weighted by Gasteiger charge is 2.45. The molecule has 5 atom stereocenters. The Bertz CT molecular complexity index is 936. The summed E-state index contributed by atoms with van der Waals surface area (Å²) < 4.78 is 20.9.